The number of ether oxygens (including phenoxy) is 1. The van der Waals surface area contributed by atoms with E-state index < -0.39 is 6.10 Å². The van der Waals surface area contributed by atoms with Gasteiger partial charge in [0, 0.05) is 33.3 Å². The fourth-order valence-corrected chi connectivity index (χ4v) is 4.86. The number of para-hydroxylation sites is 1. The Kier molecular flexibility index (Phi) is 7.39. The predicted octanol–water partition coefficient (Wildman–Crippen LogP) is 3.16. The Labute approximate surface area is 167 Å². The third-order valence-electron chi connectivity index (χ3n) is 6.27. The van der Waals surface area contributed by atoms with Crippen molar-refractivity contribution in [2.75, 3.05) is 44.7 Å². The number of benzene rings is 1. The highest BCUT2D eigenvalue weighted by atomic mass is 35.5. The normalized spacial score (nSPS) is 25.3. The first-order valence-corrected chi connectivity index (χ1v) is 10.5. The molecule has 1 heterocycles. The van der Waals surface area contributed by atoms with Gasteiger partial charge in [0.1, 0.15) is 6.10 Å². The van der Waals surface area contributed by atoms with E-state index in [1.54, 1.807) is 7.11 Å². The van der Waals surface area contributed by atoms with Crippen LogP contribution in [-0.2, 0) is 9.53 Å². The van der Waals surface area contributed by atoms with Crippen LogP contribution >= 0.6 is 11.6 Å². The molecule has 1 unspecified atom stereocenters. The minimum atomic E-state index is -0.413. The number of amides is 1. The molecule has 150 valence electrons. The number of methoxy groups -OCH3 is 1. The molecule has 1 saturated carbocycles. The van der Waals surface area contributed by atoms with Crippen LogP contribution in [0.2, 0.25) is 5.02 Å². The van der Waals surface area contributed by atoms with Gasteiger partial charge in [-0.25, -0.2) is 0 Å². The zero-order valence-electron chi connectivity index (χ0n) is 16.3. The van der Waals surface area contributed by atoms with Crippen molar-refractivity contribution in [2.45, 2.75) is 38.2 Å². The number of carbonyl (C=O) groups excluding carboxylic acids is 1. The van der Waals surface area contributed by atoms with Crippen molar-refractivity contribution >= 4 is 23.2 Å². The summed E-state index contributed by atoms with van der Waals surface area (Å²) in [5, 5.41) is 0.841. The van der Waals surface area contributed by atoms with Gasteiger partial charge in [0.05, 0.1) is 10.7 Å². The molecule has 0 aromatic heterocycles. The molecule has 2 aliphatic rings. The van der Waals surface area contributed by atoms with Crippen LogP contribution < -0.4 is 10.6 Å². The quantitative estimate of drug-likeness (QED) is 0.773. The maximum atomic E-state index is 11.5. The number of hydrogen-bond acceptors (Lipinski definition) is 4. The van der Waals surface area contributed by atoms with E-state index in [1.807, 2.05) is 12.1 Å². The molecule has 1 aliphatic heterocycles. The third-order valence-corrected chi connectivity index (χ3v) is 6.59. The van der Waals surface area contributed by atoms with Gasteiger partial charge in [-0.1, -0.05) is 36.6 Å². The second-order valence-corrected chi connectivity index (χ2v) is 8.32. The second kappa shape index (κ2) is 9.76. The zero-order chi connectivity index (χ0) is 19.2. The first-order valence-electron chi connectivity index (χ1n) is 10.1. The molecule has 3 rings (SSSR count). The molecule has 0 radical (unpaired) electrons. The molecule has 1 aromatic carbocycles. The van der Waals surface area contributed by atoms with Crippen LogP contribution in [0.4, 0.5) is 5.69 Å². The number of hydrogen-bond donors (Lipinski definition) is 1. The topological polar surface area (TPSA) is 58.8 Å². The van der Waals surface area contributed by atoms with Crippen LogP contribution in [0.5, 0.6) is 0 Å². The second-order valence-electron chi connectivity index (χ2n) is 7.91. The molecule has 2 fully saturated rings. The Morgan fingerprint density at radius 1 is 1.19 bits per heavy atom. The van der Waals surface area contributed by atoms with E-state index >= 15 is 0 Å². The predicted molar refractivity (Wildman–Crippen MR) is 110 cm³/mol. The van der Waals surface area contributed by atoms with E-state index in [-0.39, 0.29) is 5.91 Å². The molecular weight excluding hydrogens is 362 g/mol. The Bertz CT molecular complexity index is 611. The van der Waals surface area contributed by atoms with Gasteiger partial charge in [-0.15, -0.1) is 0 Å². The maximum absolute atomic E-state index is 11.5. The molecule has 5 nitrogen and oxygen atoms in total. The van der Waals surface area contributed by atoms with E-state index in [9.17, 15) is 4.79 Å². The smallest absolute Gasteiger partial charge is 0.246 e. The molecule has 1 amide bonds. The van der Waals surface area contributed by atoms with E-state index in [2.05, 4.69) is 21.9 Å². The van der Waals surface area contributed by atoms with Gasteiger partial charge < -0.3 is 15.4 Å². The van der Waals surface area contributed by atoms with E-state index in [0.29, 0.717) is 5.92 Å². The van der Waals surface area contributed by atoms with Crippen molar-refractivity contribution in [3.63, 3.8) is 0 Å². The largest absolute Gasteiger partial charge is 0.371 e. The lowest BCUT2D eigenvalue weighted by molar-refractivity contribution is -0.131. The highest BCUT2D eigenvalue weighted by molar-refractivity contribution is 6.33. The number of halogens is 1. The number of carbonyl (C=O) groups is 1. The van der Waals surface area contributed by atoms with Crippen molar-refractivity contribution in [3.05, 3.63) is 29.3 Å². The minimum Gasteiger partial charge on any atom is -0.371 e. The van der Waals surface area contributed by atoms with Gasteiger partial charge in [-0.3, -0.25) is 9.69 Å². The van der Waals surface area contributed by atoms with E-state index in [0.717, 1.165) is 62.2 Å². The number of primary amides is 1. The molecule has 27 heavy (non-hydrogen) atoms. The summed E-state index contributed by atoms with van der Waals surface area (Å²) in [6, 6.07) is 8.10. The Morgan fingerprint density at radius 3 is 2.44 bits per heavy atom. The standard InChI is InChI=1S/C21H32ClN3O2/c1-27-20(21(23)26)17-8-6-16(7-9-17)10-11-24-12-14-25(15-13-24)19-5-3-2-4-18(19)22/h2-5,16-17,20H,6-15H2,1H3,(H2,23,26). The van der Waals surface area contributed by atoms with Crippen molar-refractivity contribution < 1.29 is 9.53 Å². The summed E-state index contributed by atoms with van der Waals surface area (Å²) in [7, 11) is 1.59. The third kappa shape index (κ3) is 5.37. The number of rotatable bonds is 7. The molecule has 1 atom stereocenters. The molecule has 0 spiro atoms. The first kappa shape index (κ1) is 20.4. The van der Waals surface area contributed by atoms with Crippen LogP contribution in [0.3, 0.4) is 0 Å². The summed E-state index contributed by atoms with van der Waals surface area (Å²) < 4.78 is 5.30. The lowest BCUT2D eigenvalue weighted by Crippen LogP contribution is -2.47. The van der Waals surface area contributed by atoms with Crippen molar-refractivity contribution in [2.24, 2.45) is 17.6 Å². The van der Waals surface area contributed by atoms with E-state index in [4.69, 9.17) is 22.1 Å². The van der Waals surface area contributed by atoms with Crippen LogP contribution in [0.15, 0.2) is 24.3 Å². The summed E-state index contributed by atoms with van der Waals surface area (Å²) in [6.07, 6.45) is 5.28. The van der Waals surface area contributed by atoms with Gasteiger partial charge in [0.25, 0.3) is 0 Å². The molecular formula is C21H32ClN3O2. The number of nitrogens with zero attached hydrogens (tertiary/aromatic N) is 2. The summed E-state index contributed by atoms with van der Waals surface area (Å²) in [5.74, 6) is 0.730. The van der Waals surface area contributed by atoms with Crippen LogP contribution in [-0.4, -0.2) is 56.7 Å². The SMILES string of the molecule is COC(C(N)=O)C1CCC(CCN2CCN(c3ccccc3Cl)CC2)CC1. The fraction of sp³-hybridized carbons (Fsp3) is 0.667. The Balaban J connectivity index is 1.38. The molecule has 6 heteroatoms. The maximum Gasteiger partial charge on any atom is 0.246 e. The van der Waals surface area contributed by atoms with Gasteiger partial charge >= 0.3 is 0 Å². The summed E-state index contributed by atoms with van der Waals surface area (Å²) in [4.78, 5) is 16.4. The van der Waals surface area contributed by atoms with Crippen molar-refractivity contribution in [1.82, 2.24) is 4.90 Å². The van der Waals surface area contributed by atoms with Crippen molar-refractivity contribution in [3.8, 4) is 0 Å². The van der Waals surface area contributed by atoms with Gasteiger partial charge in [-0.2, -0.15) is 0 Å². The zero-order valence-corrected chi connectivity index (χ0v) is 17.0. The summed E-state index contributed by atoms with van der Waals surface area (Å²) >= 11 is 6.33. The summed E-state index contributed by atoms with van der Waals surface area (Å²) in [5.41, 5.74) is 6.60. The molecule has 1 aliphatic carbocycles. The van der Waals surface area contributed by atoms with Crippen LogP contribution in [0.25, 0.3) is 0 Å². The lowest BCUT2D eigenvalue weighted by Gasteiger charge is -2.38. The highest BCUT2D eigenvalue weighted by Crippen LogP contribution is 2.34. The Morgan fingerprint density at radius 2 is 1.85 bits per heavy atom. The van der Waals surface area contributed by atoms with Crippen LogP contribution in [0.1, 0.15) is 32.1 Å². The molecule has 2 N–H and O–H groups in total. The van der Waals surface area contributed by atoms with Crippen molar-refractivity contribution in [1.29, 1.82) is 0 Å². The first-order chi connectivity index (χ1) is 13.1. The van der Waals surface area contributed by atoms with E-state index in [1.165, 1.54) is 19.3 Å². The highest BCUT2D eigenvalue weighted by Gasteiger charge is 2.31. The number of nitrogens with two attached hydrogens (primary N) is 1. The van der Waals surface area contributed by atoms with Gasteiger partial charge in [-0.05, 0) is 49.8 Å². The average molecular weight is 394 g/mol. The Hall–Kier alpha value is -1.30. The minimum absolute atomic E-state index is 0.294. The molecule has 1 aromatic rings. The van der Waals surface area contributed by atoms with Crippen LogP contribution in [0, 0.1) is 11.8 Å². The van der Waals surface area contributed by atoms with Gasteiger partial charge in [0.15, 0.2) is 0 Å². The van der Waals surface area contributed by atoms with Gasteiger partial charge in [0.2, 0.25) is 5.91 Å². The molecule has 0 bridgehead atoms. The molecule has 1 saturated heterocycles. The average Bonchev–Trinajstić information content (AvgIpc) is 2.68. The number of anilines is 1. The lowest BCUT2D eigenvalue weighted by atomic mass is 9.78. The summed E-state index contributed by atoms with van der Waals surface area (Å²) in [6.45, 7) is 5.41. The number of piperazine rings is 1. The fourth-order valence-electron chi connectivity index (χ4n) is 4.61. The monoisotopic (exact) mass is 393 g/mol.